The van der Waals surface area contributed by atoms with Gasteiger partial charge in [0.15, 0.2) is 5.11 Å². The molecule has 6 nitrogen and oxygen atoms in total. The number of hydrogen-bond acceptors (Lipinski definition) is 4. The Morgan fingerprint density at radius 1 is 1.23 bits per heavy atom. The molecule has 0 atom stereocenters. The van der Waals surface area contributed by atoms with Gasteiger partial charge in [0, 0.05) is 23.5 Å². The molecule has 0 amide bonds. The molecule has 2 aromatic carbocycles. The molecule has 0 fully saturated rings. The van der Waals surface area contributed by atoms with E-state index in [-0.39, 0.29) is 5.69 Å². The predicted octanol–water partition coefficient (Wildman–Crippen LogP) is 3.72. The highest BCUT2D eigenvalue weighted by molar-refractivity contribution is 7.80. The number of ether oxygens (including phenoxy) is 1. The lowest BCUT2D eigenvalue weighted by molar-refractivity contribution is -0.384. The van der Waals surface area contributed by atoms with Crippen molar-refractivity contribution in [2.45, 2.75) is 6.92 Å². The monoisotopic (exact) mass is 317 g/mol. The summed E-state index contributed by atoms with van der Waals surface area (Å²) in [6.07, 6.45) is 0. The highest BCUT2D eigenvalue weighted by Gasteiger charge is 2.07. The normalized spacial score (nSPS) is 9.91. The standard InChI is InChI=1S/C15H15N3O3S/c1-10-8-13(21-2)6-7-14(10)17-15(22)16-11-4-3-5-12(9-11)18(19)20/h3-9H,1-2H3,(H2,16,17,22). The molecule has 0 aliphatic rings. The van der Waals surface area contributed by atoms with Gasteiger partial charge in [-0.3, -0.25) is 10.1 Å². The highest BCUT2D eigenvalue weighted by atomic mass is 32.1. The van der Waals surface area contributed by atoms with E-state index in [0.29, 0.717) is 10.8 Å². The molecule has 0 aliphatic carbocycles. The van der Waals surface area contributed by atoms with Crippen LogP contribution in [0.15, 0.2) is 42.5 Å². The van der Waals surface area contributed by atoms with E-state index in [1.54, 1.807) is 19.2 Å². The summed E-state index contributed by atoms with van der Waals surface area (Å²) in [5.41, 5.74) is 2.37. The van der Waals surface area contributed by atoms with E-state index < -0.39 is 4.92 Å². The van der Waals surface area contributed by atoms with Crippen molar-refractivity contribution >= 4 is 34.4 Å². The molecular formula is C15H15N3O3S. The largest absolute Gasteiger partial charge is 0.497 e. The summed E-state index contributed by atoms with van der Waals surface area (Å²) < 4.78 is 5.15. The first-order chi connectivity index (χ1) is 10.5. The minimum Gasteiger partial charge on any atom is -0.497 e. The Hall–Kier alpha value is -2.67. The van der Waals surface area contributed by atoms with Crippen molar-refractivity contribution in [2.75, 3.05) is 17.7 Å². The maximum absolute atomic E-state index is 10.8. The second-order valence-corrected chi connectivity index (χ2v) is 4.98. The van der Waals surface area contributed by atoms with Crippen LogP contribution in [0.3, 0.4) is 0 Å². The van der Waals surface area contributed by atoms with E-state index in [1.165, 1.54) is 12.1 Å². The Kier molecular flexibility index (Phi) is 4.90. The number of hydrogen-bond donors (Lipinski definition) is 2. The Bertz CT molecular complexity index is 719. The smallest absolute Gasteiger partial charge is 0.271 e. The summed E-state index contributed by atoms with van der Waals surface area (Å²) in [5.74, 6) is 0.764. The van der Waals surface area contributed by atoms with Gasteiger partial charge in [0.2, 0.25) is 0 Å². The van der Waals surface area contributed by atoms with Gasteiger partial charge in [0.1, 0.15) is 5.75 Å². The zero-order valence-corrected chi connectivity index (χ0v) is 12.9. The second-order valence-electron chi connectivity index (χ2n) is 4.57. The molecule has 7 heteroatoms. The zero-order valence-electron chi connectivity index (χ0n) is 12.1. The molecule has 2 N–H and O–H groups in total. The maximum atomic E-state index is 10.8. The summed E-state index contributed by atoms with van der Waals surface area (Å²) in [6.45, 7) is 1.93. The molecule has 114 valence electrons. The van der Waals surface area contributed by atoms with Gasteiger partial charge in [0.05, 0.1) is 12.0 Å². The van der Waals surface area contributed by atoms with Gasteiger partial charge in [-0.25, -0.2) is 0 Å². The maximum Gasteiger partial charge on any atom is 0.271 e. The first-order valence-electron chi connectivity index (χ1n) is 6.46. The van der Waals surface area contributed by atoms with E-state index in [0.717, 1.165) is 17.0 Å². The van der Waals surface area contributed by atoms with Crippen molar-refractivity contribution in [3.05, 3.63) is 58.1 Å². The second kappa shape index (κ2) is 6.86. The van der Waals surface area contributed by atoms with Crippen LogP contribution in [0.25, 0.3) is 0 Å². The predicted molar refractivity (Wildman–Crippen MR) is 90.7 cm³/mol. The number of nitrogens with zero attached hydrogens (tertiary/aromatic N) is 1. The summed E-state index contributed by atoms with van der Waals surface area (Å²) >= 11 is 5.22. The summed E-state index contributed by atoms with van der Waals surface area (Å²) in [7, 11) is 1.61. The fraction of sp³-hybridized carbons (Fsp3) is 0.133. The third kappa shape index (κ3) is 3.92. The molecule has 22 heavy (non-hydrogen) atoms. The van der Waals surface area contributed by atoms with Crippen LogP contribution in [0.5, 0.6) is 5.75 Å². The quantitative estimate of drug-likeness (QED) is 0.508. The molecular weight excluding hydrogens is 302 g/mol. The summed E-state index contributed by atoms with van der Waals surface area (Å²) in [4.78, 5) is 10.3. The minimum absolute atomic E-state index is 0.00780. The molecule has 0 unspecified atom stereocenters. The zero-order chi connectivity index (χ0) is 16.1. The van der Waals surface area contributed by atoms with Crippen LogP contribution in [-0.4, -0.2) is 17.1 Å². The SMILES string of the molecule is COc1ccc(NC(=S)Nc2cccc([N+](=O)[O-])c2)c(C)c1. The number of rotatable bonds is 4. The van der Waals surface area contributed by atoms with Gasteiger partial charge in [-0.05, 0) is 49.0 Å². The molecule has 2 aromatic rings. The lowest BCUT2D eigenvalue weighted by Gasteiger charge is -2.13. The number of anilines is 2. The van der Waals surface area contributed by atoms with Gasteiger partial charge in [-0.2, -0.15) is 0 Å². The fourth-order valence-corrected chi connectivity index (χ4v) is 2.11. The third-order valence-corrected chi connectivity index (χ3v) is 3.20. The number of nitro groups is 1. The molecule has 0 saturated heterocycles. The minimum atomic E-state index is -0.449. The van der Waals surface area contributed by atoms with Gasteiger partial charge in [-0.15, -0.1) is 0 Å². The van der Waals surface area contributed by atoms with Crippen LogP contribution >= 0.6 is 12.2 Å². The first-order valence-corrected chi connectivity index (χ1v) is 6.87. The van der Waals surface area contributed by atoms with E-state index in [2.05, 4.69) is 10.6 Å². The Morgan fingerprint density at radius 2 is 2.00 bits per heavy atom. The molecule has 0 aliphatic heterocycles. The Balaban J connectivity index is 2.07. The van der Waals surface area contributed by atoms with Crippen LogP contribution in [0.1, 0.15) is 5.56 Å². The van der Waals surface area contributed by atoms with Crippen LogP contribution in [0.2, 0.25) is 0 Å². The molecule has 2 rings (SSSR count). The van der Waals surface area contributed by atoms with Gasteiger partial charge >= 0.3 is 0 Å². The van der Waals surface area contributed by atoms with Crippen LogP contribution in [-0.2, 0) is 0 Å². The number of nitrogens with one attached hydrogen (secondary N) is 2. The average Bonchev–Trinajstić information content (AvgIpc) is 2.49. The van der Waals surface area contributed by atoms with Gasteiger partial charge in [0.25, 0.3) is 5.69 Å². The van der Waals surface area contributed by atoms with Crippen molar-refractivity contribution in [3.8, 4) is 5.75 Å². The summed E-state index contributed by atoms with van der Waals surface area (Å²) in [6, 6.07) is 11.7. The number of methoxy groups -OCH3 is 1. The van der Waals surface area contributed by atoms with E-state index in [4.69, 9.17) is 17.0 Å². The van der Waals surface area contributed by atoms with E-state index in [9.17, 15) is 10.1 Å². The lowest BCUT2D eigenvalue weighted by atomic mass is 10.2. The fourth-order valence-electron chi connectivity index (χ4n) is 1.89. The number of nitro benzene ring substituents is 1. The summed E-state index contributed by atoms with van der Waals surface area (Å²) in [5, 5.41) is 17.1. The van der Waals surface area contributed by atoms with Gasteiger partial charge < -0.3 is 15.4 Å². The number of thiocarbonyl (C=S) groups is 1. The molecule has 0 radical (unpaired) electrons. The third-order valence-electron chi connectivity index (χ3n) is 3.00. The van der Waals surface area contributed by atoms with Gasteiger partial charge in [-0.1, -0.05) is 6.07 Å². The molecule has 0 bridgehead atoms. The van der Waals surface area contributed by atoms with Crippen LogP contribution in [0.4, 0.5) is 17.1 Å². The molecule has 0 heterocycles. The van der Waals surface area contributed by atoms with Crippen molar-refractivity contribution < 1.29 is 9.66 Å². The number of non-ortho nitro benzene ring substituents is 1. The lowest BCUT2D eigenvalue weighted by Crippen LogP contribution is -2.19. The Labute approximate surface area is 133 Å². The molecule has 0 saturated carbocycles. The van der Waals surface area contributed by atoms with Crippen molar-refractivity contribution in [1.82, 2.24) is 0 Å². The average molecular weight is 317 g/mol. The molecule has 0 aromatic heterocycles. The highest BCUT2D eigenvalue weighted by Crippen LogP contribution is 2.22. The number of benzene rings is 2. The topological polar surface area (TPSA) is 76.4 Å². The first kappa shape index (κ1) is 15.7. The van der Waals surface area contributed by atoms with Crippen molar-refractivity contribution in [2.24, 2.45) is 0 Å². The van der Waals surface area contributed by atoms with E-state index in [1.807, 2.05) is 25.1 Å². The Morgan fingerprint density at radius 3 is 2.64 bits per heavy atom. The molecule has 0 spiro atoms. The van der Waals surface area contributed by atoms with Crippen LogP contribution in [0, 0.1) is 17.0 Å². The van der Waals surface area contributed by atoms with E-state index >= 15 is 0 Å². The van der Waals surface area contributed by atoms with Crippen molar-refractivity contribution in [1.29, 1.82) is 0 Å². The number of aryl methyl sites for hydroxylation is 1. The van der Waals surface area contributed by atoms with Crippen LogP contribution < -0.4 is 15.4 Å². The van der Waals surface area contributed by atoms with Crippen molar-refractivity contribution in [3.63, 3.8) is 0 Å².